The third kappa shape index (κ3) is 4.82. The molecule has 5 nitrogen and oxygen atoms in total. The number of hydrogen-bond acceptors (Lipinski definition) is 4. The van der Waals surface area contributed by atoms with Crippen LogP contribution < -0.4 is 15.4 Å². The van der Waals surface area contributed by atoms with Crippen LogP contribution in [0.5, 0.6) is 5.75 Å². The summed E-state index contributed by atoms with van der Waals surface area (Å²) in [4.78, 5) is 12.1. The minimum absolute atomic E-state index is 0.158. The molecule has 0 heterocycles. The molecule has 0 fully saturated rings. The summed E-state index contributed by atoms with van der Waals surface area (Å²) in [6.45, 7) is -0.174. The van der Waals surface area contributed by atoms with Crippen LogP contribution in [-0.2, 0) is 4.79 Å². The zero-order valence-electron chi connectivity index (χ0n) is 14.0. The van der Waals surface area contributed by atoms with Crippen molar-refractivity contribution in [2.75, 3.05) is 11.9 Å². The van der Waals surface area contributed by atoms with Gasteiger partial charge in [-0.1, -0.05) is 30.3 Å². The Kier molecular flexibility index (Phi) is 6.01. The zero-order chi connectivity index (χ0) is 19.2. The van der Waals surface area contributed by atoms with E-state index >= 15 is 0 Å². The predicted octanol–water partition coefficient (Wildman–Crippen LogP) is 4.37. The molecule has 0 saturated heterocycles. The molecule has 0 aliphatic rings. The van der Waals surface area contributed by atoms with Crippen molar-refractivity contribution < 1.29 is 9.53 Å². The Morgan fingerprint density at radius 1 is 1.11 bits per heavy atom. The Bertz CT molecular complexity index is 1050. The molecular formula is C20H14BrN3O2S. The SMILES string of the molecule is N#Cc1ccc(NC(=S)NC(=O)COc2ccc3ccccc3c2Br)cc1. The highest BCUT2D eigenvalue weighted by molar-refractivity contribution is 9.10. The van der Waals surface area contributed by atoms with E-state index in [1.54, 1.807) is 24.3 Å². The molecule has 3 rings (SSSR count). The number of halogens is 1. The number of thiocarbonyl (C=S) groups is 1. The first-order valence-corrected chi connectivity index (χ1v) is 9.18. The second-order valence-electron chi connectivity index (χ2n) is 5.58. The van der Waals surface area contributed by atoms with Gasteiger partial charge >= 0.3 is 0 Å². The van der Waals surface area contributed by atoms with Gasteiger partial charge in [0.25, 0.3) is 5.91 Å². The van der Waals surface area contributed by atoms with Crippen molar-refractivity contribution >= 4 is 55.6 Å². The van der Waals surface area contributed by atoms with E-state index in [4.69, 9.17) is 22.2 Å². The fraction of sp³-hybridized carbons (Fsp3) is 0.0500. The number of carbonyl (C=O) groups excluding carboxylic acids is 1. The van der Waals surface area contributed by atoms with Gasteiger partial charge < -0.3 is 10.1 Å². The Hall–Kier alpha value is -2.95. The van der Waals surface area contributed by atoms with Crippen LogP contribution in [0.3, 0.4) is 0 Å². The topological polar surface area (TPSA) is 74.2 Å². The molecule has 0 bridgehead atoms. The van der Waals surface area contributed by atoms with Crippen LogP contribution in [0.4, 0.5) is 5.69 Å². The lowest BCUT2D eigenvalue weighted by atomic mass is 10.1. The molecule has 0 aromatic heterocycles. The minimum Gasteiger partial charge on any atom is -0.483 e. The third-order valence-electron chi connectivity index (χ3n) is 3.71. The first-order chi connectivity index (χ1) is 13.1. The maximum atomic E-state index is 12.1. The number of nitrogens with one attached hydrogen (secondary N) is 2. The number of anilines is 1. The highest BCUT2D eigenvalue weighted by Gasteiger charge is 2.10. The molecule has 0 aliphatic carbocycles. The van der Waals surface area contributed by atoms with Gasteiger partial charge in [-0.05, 0) is 69.3 Å². The van der Waals surface area contributed by atoms with Crippen molar-refractivity contribution in [3.63, 3.8) is 0 Å². The van der Waals surface area contributed by atoms with Gasteiger partial charge in [-0.15, -0.1) is 0 Å². The van der Waals surface area contributed by atoms with E-state index in [0.717, 1.165) is 15.2 Å². The molecule has 0 unspecified atom stereocenters. The second-order valence-corrected chi connectivity index (χ2v) is 6.78. The summed E-state index contributed by atoms with van der Waals surface area (Å²) in [5, 5.41) is 16.5. The molecule has 7 heteroatoms. The molecule has 0 aliphatic heterocycles. The van der Waals surface area contributed by atoms with E-state index in [1.165, 1.54) is 0 Å². The van der Waals surface area contributed by atoms with Gasteiger partial charge in [0, 0.05) is 5.69 Å². The molecule has 3 aromatic rings. The van der Waals surface area contributed by atoms with E-state index in [2.05, 4.69) is 26.6 Å². The first kappa shape index (κ1) is 18.8. The largest absolute Gasteiger partial charge is 0.483 e. The van der Waals surface area contributed by atoms with Crippen LogP contribution in [-0.4, -0.2) is 17.6 Å². The summed E-state index contributed by atoms with van der Waals surface area (Å²) in [6.07, 6.45) is 0. The molecule has 1 amide bonds. The Balaban J connectivity index is 1.55. The fourth-order valence-corrected chi connectivity index (χ4v) is 3.26. The lowest BCUT2D eigenvalue weighted by Gasteiger charge is -2.12. The van der Waals surface area contributed by atoms with Crippen molar-refractivity contribution in [1.29, 1.82) is 5.26 Å². The van der Waals surface area contributed by atoms with Gasteiger partial charge in [-0.2, -0.15) is 5.26 Å². The lowest BCUT2D eigenvalue weighted by Crippen LogP contribution is -2.37. The molecule has 0 radical (unpaired) electrons. The van der Waals surface area contributed by atoms with Crippen molar-refractivity contribution in [2.24, 2.45) is 0 Å². The standard InChI is InChI=1S/C20H14BrN3O2S/c21-19-16-4-2-1-3-14(16)7-10-17(19)26-12-18(25)24-20(27)23-15-8-5-13(11-22)6-9-15/h1-10H,12H2,(H2,23,24,25,27). The van der Waals surface area contributed by atoms with E-state index < -0.39 is 0 Å². The normalized spacial score (nSPS) is 10.1. The average molecular weight is 440 g/mol. The zero-order valence-corrected chi connectivity index (χ0v) is 16.4. The number of carbonyl (C=O) groups is 1. The van der Waals surface area contributed by atoms with Crippen LogP contribution >= 0.6 is 28.1 Å². The average Bonchev–Trinajstić information content (AvgIpc) is 2.68. The summed E-state index contributed by atoms with van der Waals surface area (Å²) in [6, 6.07) is 20.4. The quantitative estimate of drug-likeness (QED) is 0.590. The third-order valence-corrected chi connectivity index (χ3v) is 4.73. The van der Waals surface area contributed by atoms with Crippen molar-refractivity contribution in [2.45, 2.75) is 0 Å². The maximum Gasteiger partial charge on any atom is 0.264 e. The molecule has 134 valence electrons. The summed E-state index contributed by atoms with van der Waals surface area (Å²) in [5.74, 6) is 0.205. The van der Waals surface area contributed by atoms with Crippen molar-refractivity contribution in [3.05, 3.63) is 70.7 Å². The number of fused-ring (bicyclic) bond motifs is 1. The van der Waals surface area contributed by atoms with Gasteiger partial charge in [-0.25, -0.2) is 0 Å². The molecule has 27 heavy (non-hydrogen) atoms. The van der Waals surface area contributed by atoms with Crippen LogP contribution in [0.25, 0.3) is 10.8 Å². The Morgan fingerprint density at radius 3 is 2.59 bits per heavy atom. The van der Waals surface area contributed by atoms with Gasteiger partial charge in [0.2, 0.25) is 0 Å². The molecule has 2 N–H and O–H groups in total. The molecule has 3 aromatic carbocycles. The predicted molar refractivity (Wildman–Crippen MR) is 113 cm³/mol. The van der Waals surface area contributed by atoms with Gasteiger partial charge in [-0.3, -0.25) is 10.1 Å². The van der Waals surface area contributed by atoms with Crippen LogP contribution in [0.2, 0.25) is 0 Å². The highest BCUT2D eigenvalue weighted by Crippen LogP contribution is 2.32. The lowest BCUT2D eigenvalue weighted by molar-refractivity contribution is -0.121. The van der Waals surface area contributed by atoms with E-state index in [-0.39, 0.29) is 17.6 Å². The molecule has 0 saturated carbocycles. The Morgan fingerprint density at radius 2 is 1.85 bits per heavy atom. The van der Waals surface area contributed by atoms with Crippen LogP contribution in [0.1, 0.15) is 5.56 Å². The van der Waals surface area contributed by atoms with E-state index in [9.17, 15) is 4.79 Å². The number of ether oxygens (including phenoxy) is 1. The van der Waals surface area contributed by atoms with Gasteiger partial charge in [0.05, 0.1) is 16.1 Å². The summed E-state index contributed by atoms with van der Waals surface area (Å²) in [7, 11) is 0. The summed E-state index contributed by atoms with van der Waals surface area (Å²) < 4.78 is 6.40. The number of nitriles is 1. The second kappa shape index (κ2) is 8.62. The van der Waals surface area contributed by atoms with Crippen molar-refractivity contribution in [1.82, 2.24) is 5.32 Å². The fourth-order valence-electron chi connectivity index (χ4n) is 2.42. The molecular weight excluding hydrogens is 426 g/mol. The summed E-state index contributed by atoms with van der Waals surface area (Å²) >= 11 is 8.64. The molecule has 0 atom stereocenters. The first-order valence-electron chi connectivity index (χ1n) is 7.98. The maximum absolute atomic E-state index is 12.1. The number of hydrogen-bond donors (Lipinski definition) is 2. The van der Waals surface area contributed by atoms with E-state index in [0.29, 0.717) is 17.0 Å². The minimum atomic E-state index is -0.374. The van der Waals surface area contributed by atoms with E-state index in [1.807, 2.05) is 42.5 Å². The van der Waals surface area contributed by atoms with Gasteiger partial charge in [0.1, 0.15) is 5.75 Å². The van der Waals surface area contributed by atoms with Crippen molar-refractivity contribution in [3.8, 4) is 11.8 Å². The number of nitrogens with zero attached hydrogens (tertiary/aromatic N) is 1. The van der Waals surface area contributed by atoms with Gasteiger partial charge in [0.15, 0.2) is 11.7 Å². The smallest absolute Gasteiger partial charge is 0.264 e. The monoisotopic (exact) mass is 439 g/mol. The Labute approximate surface area is 170 Å². The summed E-state index contributed by atoms with van der Waals surface area (Å²) in [5.41, 5.74) is 1.22. The highest BCUT2D eigenvalue weighted by atomic mass is 79.9. The number of rotatable bonds is 4. The van der Waals surface area contributed by atoms with Crippen LogP contribution in [0, 0.1) is 11.3 Å². The molecule has 0 spiro atoms. The number of amides is 1. The number of benzene rings is 3. The van der Waals surface area contributed by atoms with Crippen LogP contribution in [0.15, 0.2) is 65.1 Å².